The van der Waals surface area contributed by atoms with E-state index in [0.29, 0.717) is 11.4 Å². The molecule has 0 saturated heterocycles. The van der Waals surface area contributed by atoms with E-state index in [1.807, 2.05) is 18.2 Å². The summed E-state index contributed by atoms with van der Waals surface area (Å²) in [6, 6.07) is 11.8. The van der Waals surface area contributed by atoms with E-state index in [1.54, 1.807) is 12.1 Å². The van der Waals surface area contributed by atoms with Crippen molar-refractivity contribution in [2.45, 2.75) is 6.42 Å². The van der Waals surface area contributed by atoms with E-state index in [-0.39, 0.29) is 30.0 Å². The molecule has 0 atom stereocenters. The van der Waals surface area contributed by atoms with Crippen LogP contribution in [0.4, 0.5) is 22.7 Å². The highest BCUT2D eigenvalue weighted by molar-refractivity contribution is 5.72. The van der Waals surface area contributed by atoms with Gasteiger partial charge in [-0.05, 0) is 18.2 Å². The Morgan fingerprint density at radius 2 is 1.86 bits per heavy atom. The van der Waals surface area contributed by atoms with Gasteiger partial charge in [0.15, 0.2) is 0 Å². The van der Waals surface area contributed by atoms with Crippen LogP contribution < -0.4 is 5.73 Å². The monoisotopic (exact) mass is 286 g/mol. The molecule has 0 radical (unpaired) electrons. The lowest BCUT2D eigenvalue weighted by Gasteiger charge is -2.07. The molecule has 0 aliphatic heterocycles. The second-order valence-electron chi connectivity index (χ2n) is 4.26. The van der Waals surface area contributed by atoms with Crippen LogP contribution in [0.15, 0.2) is 52.7 Å². The highest BCUT2D eigenvalue weighted by Gasteiger charge is 2.18. The topological polar surface area (TPSA) is 114 Å². The number of nitro groups is 1. The first-order chi connectivity index (χ1) is 10.1. The van der Waals surface area contributed by atoms with Gasteiger partial charge in [0.2, 0.25) is 0 Å². The Morgan fingerprint density at radius 3 is 2.48 bits per heavy atom. The van der Waals surface area contributed by atoms with E-state index in [9.17, 15) is 10.1 Å². The second-order valence-corrected chi connectivity index (χ2v) is 4.26. The van der Waals surface area contributed by atoms with Crippen LogP contribution in [0.25, 0.3) is 0 Å². The lowest BCUT2D eigenvalue weighted by Crippen LogP contribution is -2.03. The molecule has 2 aromatic rings. The molecule has 21 heavy (non-hydrogen) atoms. The fourth-order valence-corrected chi connectivity index (χ4v) is 1.88. The number of azo groups is 1. The van der Waals surface area contributed by atoms with Gasteiger partial charge in [0, 0.05) is 19.1 Å². The van der Waals surface area contributed by atoms with Crippen molar-refractivity contribution in [2.24, 2.45) is 10.2 Å². The SMILES string of the molecule is Nc1c(N=Nc2ccccc2)ccc([N+](=O)[O-])c1CCO. The van der Waals surface area contributed by atoms with Gasteiger partial charge in [-0.25, -0.2) is 0 Å². The van der Waals surface area contributed by atoms with Crippen molar-refractivity contribution in [1.29, 1.82) is 0 Å². The van der Waals surface area contributed by atoms with Gasteiger partial charge in [-0.2, -0.15) is 5.11 Å². The third kappa shape index (κ3) is 3.40. The molecule has 0 heterocycles. The third-order valence-electron chi connectivity index (χ3n) is 2.90. The number of nitro benzene ring substituents is 1. The number of aliphatic hydroxyl groups is 1. The summed E-state index contributed by atoms with van der Waals surface area (Å²) in [5.41, 5.74) is 7.21. The van der Waals surface area contributed by atoms with Crippen LogP contribution in [0.2, 0.25) is 0 Å². The average molecular weight is 286 g/mol. The number of nitrogens with zero attached hydrogens (tertiary/aromatic N) is 3. The Balaban J connectivity index is 2.39. The summed E-state index contributed by atoms with van der Waals surface area (Å²) in [4.78, 5) is 10.4. The van der Waals surface area contributed by atoms with Crippen molar-refractivity contribution in [3.05, 3.63) is 58.1 Å². The molecule has 2 rings (SSSR count). The molecule has 0 amide bonds. The number of rotatable bonds is 5. The Hall–Kier alpha value is -2.80. The summed E-state index contributed by atoms with van der Waals surface area (Å²) in [5.74, 6) is 0. The predicted molar refractivity (Wildman–Crippen MR) is 78.9 cm³/mol. The molecule has 7 nitrogen and oxygen atoms in total. The quantitative estimate of drug-likeness (QED) is 0.380. The zero-order valence-electron chi connectivity index (χ0n) is 11.1. The zero-order chi connectivity index (χ0) is 15.2. The van der Waals surface area contributed by atoms with Gasteiger partial charge < -0.3 is 10.8 Å². The molecule has 0 aliphatic carbocycles. The average Bonchev–Trinajstić information content (AvgIpc) is 2.49. The summed E-state index contributed by atoms with van der Waals surface area (Å²) in [5, 5.41) is 28.0. The third-order valence-corrected chi connectivity index (χ3v) is 2.90. The molecule has 0 bridgehead atoms. The Bertz CT molecular complexity index is 671. The van der Waals surface area contributed by atoms with Crippen LogP contribution in [-0.4, -0.2) is 16.6 Å². The molecule has 3 N–H and O–H groups in total. The smallest absolute Gasteiger partial charge is 0.274 e. The first kappa shape index (κ1) is 14.6. The maximum absolute atomic E-state index is 11.0. The summed E-state index contributed by atoms with van der Waals surface area (Å²) < 4.78 is 0. The molecule has 0 spiro atoms. The van der Waals surface area contributed by atoms with Crippen LogP contribution in [0.5, 0.6) is 0 Å². The number of nitrogen functional groups attached to an aromatic ring is 1. The maximum Gasteiger partial charge on any atom is 0.274 e. The zero-order valence-corrected chi connectivity index (χ0v) is 11.1. The van der Waals surface area contributed by atoms with Gasteiger partial charge in [0.05, 0.1) is 21.9 Å². The van der Waals surface area contributed by atoms with Crippen molar-refractivity contribution in [3.8, 4) is 0 Å². The van der Waals surface area contributed by atoms with Crippen LogP contribution in [-0.2, 0) is 6.42 Å². The van der Waals surface area contributed by atoms with Crippen molar-refractivity contribution < 1.29 is 10.0 Å². The van der Waals surface area contributed by atoms with Crippen LogP contribution in [0.3, 0.4) is 0 Å². The fourth-order valence-electron chi connectivity index (χ4n) is 1.88. The number of hydrogen-bond acceptors (Lipinski definition) is 6. The largest absolute Gasteiger partial charge is 0.396 e. The molecule has 2 aromatic carbocycles. The number of nitrogens with two attached hydrogens (primary N) is 1. The molecule has 7 heteroatoms. The van der Waals surface area contributed by atoms with Crippen LogP contribution >= 0.6 is 0 Å². The lowest BCUT2D eigenvalue weighted by atomic mass is 10.1. The fraction of sp³-hybridized carbons (Fsp3) is 0.143. The molecular formula is C14H14N4O3. The number of benzene rings is 2. The summed E-state index contributed by atoms with van der Waals surface area (Å²) in [7, 11) is 0. The van der Waals surface area contributed by atoms with E-state index in [2.05, 4.69) is 10.2 Å². The Labute approximate surface area is 120 Å². The molecule has 0 fully saturated rings. The molecule has 0 saturated carbocycles. The predicted octanol–water partition coefficient (Wildman–Crippen LogP) is 3.13. The van der Waals surface area contributed by atoms with E-state index < -0.39 is 4.92 Å². The van der Waals surface area contributed by atoms with Crippen molar-refractivity contribution >= 4 is 22.7 Å². The summed E-state index contributed by atoms with van der Waals surface area (Å²) in [6.07, 6.45) is 0.0941. The van der Waals surface area contributed by atoms with Gasteiger partial charge in [-0.15, -0.1) is 5.11 Å². The molecule has 0 aliphatic rings. The van der Waals surface area contributed by atoms with Crippen molar-refractivity contribution in [3.63, 3.8) is 0 Å². The number of hydrogen-bond donors (Lipinski definition) is 2. The minimum absolute atomic E-state index is 0.0941. The number of aliphatic hydroxyl groups excluding tert-OH is 1. The minimum atomic E-state index is -0.528. The highest BCUT2D eigenvalue weighted by Crippen LogP contribution is 2.34. The molecular weight excluding hydrogens is 272 g/mol. The van der Waals surface area contributed by atoms with Gasteiger partial charge in [0.25, 0.3) is 5.69 Å². The molecule has 0 aromatic heterocycles. The highest BCUT2D eigenvalue weighted by atomic mass is 16.6. The molecule has 0 unspecified atom stereocenters. The summed E-state index contributed by atoms with van der Waals surface area (Å²) in [6.45, 7) is -0.232. The standard InChI is InChI=1S/C14H14N4O3/c15-14-11(8-9-19)13(18(20)21)7-6-12(14)17-16-10-4-2-1-3-5-10/h1-7,19H,8-9,15H2. The van der Waals surface area contributed by atoms with E-state index in [1.165, 1.54) is 12.1 Å². The van der Waals surface area contributed by atoms with Crippen LogP contribution in [0, 0.1) is 10.1 Å². The first-order valence-corrected chi connectivity index (χ1v) is 6.27. The van der Waals surface area contributed by atoms with E-state index in [4.69, 9.17) is 10.8 Å². The first-order valence-electron chi connectivity index (χ1n) is 6.27. The van der Waals surface area contributed by atoms with E-state index in [0.717, 1.165) is 0 Å². The van der Waals surface area contributed by atoms with Gasteiger partial charge >= 0.3 is 0 Å². The van der Waals surface area contributed by atoms with Crippen LogP contribution in [0.1, 0.15) is 5.56 Å². The Kier molecular flexibility index (Phi) is 4.57. The van der Waals surface area contributed by atoms with Crippen molar-refractivity contribution in [2.75, 3.05) is 12.3 Å². The lowest BCUT2D eigenvalue weighted by molar-refractivity contribution is -0.385. The van der Waals surface area contributed by atoms with E-state index >= 15 is 0 Å². The van der Waals surface area contributed by atoms with Crippen molar-refractivity contribution in [1.82, 2.24) is 0 Å². The normalized spacial score (nSPS) is 10.9. The van der Waals surface area contributed by atoms with Gasteiger partial charge in [0.1, 0.15) is 5.69 Å². The number of anilines is 1. The van der Waals surface area contributed by atoms with Gasteiger partial charge in [-0.3, -0.25) is 10.1 Å². The molecule has 108 valence electrons. The minimum Gasteiger partial charge on any atom is -0.396 e. The summed E-state index contributed by atoms with van der Waals surface area (Å²) >= 11 is 0. The Morgan fingerprint density at radius 1 is 1.14 bits per heavy atom. The van der Waals surface area contributed by atoms with Gasteiger partial charge in [-0.1, -0.05) is 18.2 Å². The maximum atomic E-state index is 11.0. The second kappa shape index (κ2) is 6.58.